The Morgan fingerprint density at radius 2 is 1.04 bits per heavy atom. The van der Waals surface area contributed by atoms with Gasteiger partial charge >= 0.3 is 0 Å². The van der Waals surface area contributed by atoms with Crippen molar-refractivity contribution in [2.24, 2.45) is 4.99 Å². The molecular formula is C48H30N4O. The first-order valence-electron chi connectivity index (χ1n) is 18.1. The summed E-state index contributed by atoms with van der Waals surface area (Å²) in [6, 6.07) is 60.5. The monoisotopic (exact) mass is 678 g/mol. The third-order valence-electron chi connectivity index (χ3n) is 11.2. The van der Waals surface area contributed by atoms with E-state index in [1.807, 2.05) is 12.1 Å². The fourth-order valence-corrected chi connectivity index (χ4v) is 8.91. The minimum absolute atomic E-state index is 0.203. The number of nitrogens with one attached hydrogen (secondary N) is 1. The van der Waals surface area contributed by atoms with Gasteiger partial charge in [0.25, 0.3) is 0 Å². The molecule has 8 aromatic carbocycles. The Kier molecular flexibility index (Phi) is 5.77. The largest absolute Gasteiger partial charge is 0.456 e. The molecule has 0 saturated carbocycles. The standard InChI is InChI=1S/C48H30N4O/c1-3-13-29(14-4-1)44-47-45(38-19-9-12-22-42(38)53-47)50-48(49-44)52-40-21-11-8-18-37(40)43-34-24-26-35-32(31(34)27-28-41(43)52)23-25-36-33-17-7-10-20-39(33)51(46(35)36)30-15-5-2-6-16-30/h1-28,44H,(H,49,50). The van der Waals surface area contributed by atoms with Gasteiger partial charge in [0.2, 0.25) is 5.96 Å². The van der Waals surface area contributed by atoms with E-state index < -0.39 is 0 Å². The predicted octanol–water partition coefficient (Wildman–Crippen LogP) is 12.2. The molecule has 1 N–H and O–H groups in total. The molecule has 1 atom stereocenters. The maximum atomic E-state index is 6.50. The number of aliphatic imine (C=N–C) groups is 1. The summed E-state index contributed by atoms with van der Waals surface area (Å²) in [6.07, 6.45) is 0. The van der Waals surface area contributed by atoms with Crippen molar-refractivity contribution in [1.82, 2.24) is 14.5 Å². The fourth-order valence-electron chi connectivity index (χ4n) is 8.91. The normalized spacial score (nSPS) is 14.5. The Morgan fingerprint density at radius 3 is 1.85 bits per heavy atom. The number of aromatic nitrogens is 2. The number of hydrogen-bond acceptors (Lipinski definition) is 3. The van der Waals surface area contributed by atoms with Crippen molar-refractivity contribution in [2.45, 2.75) is 6.04 Å². The molecule has 1 aliphatic heterocycles. The van der Waals surface area contributed by atoms with Crippen molar-refractivity contribution in [2.75, 3.05) is 0 Å². The van der Waals surface area contributed by atoms with Gasteiger partial charge in [-0.1, -0.05) is 127 Å². The average molecular weight is 679 g/mol. The van der Waals surface area contributed by atoms with Crippen molar-refractivity contribution in [3.8, 4) is 5.69 Å². The summed E-state index contributed by atoms with van der Waals surface area (Å²) in [5.74, 6) is 1.61. The van der Waals surface area contributed by atoms with E-state index in [2.05, 4.69) is 172 Å². The summed E-state index contributed by atoms with van der Waals surface area (Å²) in [4.78, 5) is 5.35. The molecule has 0 saturated heterocycles. The lowest BCUT2D eigenvalue weighted by Crippen LogP contribution is -2.36. The van der Waals surface area contributed by atoms with Crippen LogP contribution in [0.5, 0.6) is 0 Å². The molecule has 248 valence electrons. The lowest BCUT2D eigenvalue weighted by Gasteiger charge is -2.25. The highest BCUT2D eigenvalue weighted by molar-refractivity contribution is 6.30. The molecule has 53 heavy (non-hydrogen) atoms. The summed E-state index contributed by atoms with van der Waals surface area (Å²) < 4.78 is 11.2. The highest BCUT2D eigenvalue weighted by Gasteiger charge is 2.31. The smallest absolute Gasteiger partial charge is 0.209 e. The van der Waals surface area contributed by atoms with Gasteiger partial charge in [-0.2, -0.15) is 0 Å². The first-order valence-corrected chi connectivity index (χ1v) is 18.1. The molecule has 0 fully saturated rings. The predicted molar refractivity (Wildman–Crippen MR) is 219 cm³/mol. The van der Waals surface area contributed by atoms with Crippen molar-refractivity contribution >= 4 is 87.8 Å². The van der Waals surface area contributed by atoms with Crippen LogP contribution in [0, 0.1) is 0 Å². The van der Waals surface area contributed by atoms with Crippen LogP contribution in [0.15, 0.2) is 179 Å². The van der Waals surface area contributed by atoms with E-state index in [9.17, 15) is 0 Å². The number of benzene rings is 8. The van der Waals surface area contributed by atoms with Gasteiger partial charge in [0.15, 0.2) is 5.76 Å². The van der Waals surface area contributed by atoms with Crippen LogP contribution in [-0.2, 0) is 0 Å². The minimum atomic E-state index is -0.203. The molecule has 5 nitrogen and oxygen atoms in total. The summed E-state index contributed by atoms with van der Waals surface area (Å²) in [7, 11) is 0. The van der Waals surface area contributed by atoms with Crippen LogP contribution < -0.4 is 5.32 Å². The van der Waals surface area contributed by atoms with Crippen LogP contribution >= 0.6 is 0 Å². The van der Waals surface area contributed by atoms with Gasteiger partial charge in [-0.25, -0.2) is 4.99 Å². The Morgan fingerprint density at radius 1 is 0.453 bits per heavy atom. The Labute approximate surface area is 303 Å². The van der Waals surface area contributed by atoms with E-state index in [1.54, 1.807) is 0 Å². The van der Waals surface area contributed by atoms with Gasteiger partial charge in [0.1, 0.15) is 17.3 Å². The maximum Gasteiger partial charge on any atom is 0.209 e. The highest BCUT2D eigenvalue weighted by Crippen LogP contribution is 2.45. The quantitative estimate of drug-likeness (QED) is 0.185. The molecular weight excluding hydrogens is 649 g/mol. The van der Waals surface area contributed by atoms with E-state index in [0.29, 0.717) is 0 Å². The minimum Gasteiger partial charge on any atom is -0.456 e. The molecule has 1 unspecified atom stereocenters. The van der Waals surface area contributed by atoms with Gasteiger partial charge in [-0.3, -0.25) is 4.57 Å². The van der Waals surface area contributed by atoms with Gasteiger partial charge in [0.05, 0.1) is 22.1 Å². The molecule has 0 amide bonds. The fraction of sp³-hybridized carbons (Fsp3) is 0.0208. The maximum absolute atomic E-state index is 6.50. The number of hydrogen-bond donors (Lipinski definition) is 1. The van der Waals surface area contributed by atoms with E-state index >= 15 is 0 Å². The zero-order chi connectivity index (χ0) is 34.6. The second kappa shape index (κ2) is 10.7. The lowest BCUT2D eigenvalue weighted by molar-refractivity contribution is 0.501. The Bertz CT molecular complexity index is 3310. The number of para-hydroxylation sites is 4. The number of rotatable bonds is 2. The van der Waals surface area contributed by atoms with E-state index in [0.717, 1.165) is 50.7 Å². The Balaban J connectivity index is 1.14. The molecule has 3 aromatic heterocycles. The Hall–Kier alpha value is -7.11. The van der Waals surface area contributed by atoms with Gasteiger partial charge in [-0.05, 0) is 64.2 Å². The molecule has 5 heteroatoms. The molecule has 12 rings (SSSR count). The van der Waals surface area contributed by atoms with Crippen LogP contribution in [0.3, 0.4) is 0 Å². The lowest BCUT2D eigenvalue weighted by atomic mass is 9.96. The van der Waals surface area contributed by atoms with Crippen molar-refractivity contribution in [3.63, 3.8) is 0 Å². The zero-order valence-corrected chi connectivity index (χ0v) is 28.5. The number of fused-ring (bicyclic) bond motifs is 14. The first-order chi connectivity index (χ1) is 26.3. The SMILES string of the molecule is c1ccc(C2NC(n3c4ccccc4c4c5ccc6c(ccc7c8ccccc8n(-c8ccccc8)c67)c5ccc43)=Nc3c2oc2ccccc32)cc1. The van der Waals surface area contributed by atoms with E-state index in [-0.39, 0.29) is 6.04 Å². The molecule has 11 aromatic rings. The number of nitrogens with zero attached hydrogens (tertiary/aromatic N) is 3. The summed E-state index contributed by atoms with van der Waals surface area (Å²) in [5.41, 5.74) is 8.64. The first kappa shape index (κ1) is 28.6. The van der Waals surface area contributed by atoms with Crippen LogP contribution in [0.4, 0.5) is 5.69 Å². The van der Waals surface area contributed by atoms with E-state index in [4.69, 9.17) is 9.41 Å². The van der Waals surface area contributed by atoms with E-state index in [1.165, 1.54) is 54.1 Å². The molecule has 4 heterocycles. The van der Waals surface area contributed by atoms with Crippen LogP contribution in [0.25, 0.3) is 81.8 Å². The second-order valence-electron chi connectivity index (χ2n) is 14.0. The second-order valence-corrected chi connectivity index (χ2v) is 14.0. The molecule has 0 spiro atoms. The van der Waals surface area contributed by atoms with Gasteiger partial charge in [0, 0.05) is 38.0 Å². The summed E-state index contributed by atoms with van der Waals surface area (Å²) in [5, 5.41) is 14.7. The third kappa shape index (κ3) is 3.93. The zero-order valence-electron chi connectivity index (χ0n) is 28.5. The number of furan rings is 1. The summed E-state index contributed by atoms with van der Waals surface area (Å²) in [6.45, 7) is 0. The molecule has 0 aliphatic carbocycles. The van der Waals surface area contributed by atoms with Crippen LogP contribution in [0.2, 0.25) is 0 Å². The highest BCUT2D eigenvalue weighted by atomic mass is 16.3. The van der Waals surface area contributed by atoms with Gasteiger partial charge < -0.3 is 14.3 Å². The molecule has 1 aliphatic rings. The summed E-state index contributed by atoms with van der Waals surface area (Å²) >= 11 is 0. The van der Waals surface area contributed by atoms with Crippen molar-refractivity contribution < 1.29 is 4.42 Å². The van der Waals surface area contributed by atoms with Crippen molar-refractivity contribution in [3.05, 3.63) is 181 Å². The third-order valence-corrected chi connectivity index (χ3v) is 11.2. The topological polar surface area (TPSA) is 47.4 Å². The van der Waals surface area contributed by atoms with Crippen LogP contribution in [0.1, 0.15) is 17.4 Å². The van der Waals surface area contributed by atoms with Crippen molar-refractivity contribution in [1.29, 1.82) is 0 Å². The van der Waals surface area contributed by atoms with Crippen LogP contribution in [-0.4, -0.2) is 15.1 Å². The molecule has 0 radical (unpaired) electrons. The molecule has 0 bridgehead atoms. The van der Waals surface area contributed by atoms with Gasteiger partial charge in [-0.15, -0.1) is 0 Å². The average Bonchev–Trinajstić information content (AvgIpc) is 3.89.